The van der Waals surface area contributed by atoms with Crippen molar-refractivity contribution >= 4 is 17.4 Å². The molecular weight excluding hydrogens is 280 g/mol. The highest BCUT2D eigenvalue weighted by Crippen LogP contribution is 2.39. The summed E-state index contributed by atoms with van der Waals surface area (Å²) in [4.78, 5) is 12.5. The first kappa shape index (κ1) is 15.8. The summed E-state index contributed by atoms with van der Waals surface area (Å²) in [6, 6.07) is 17.3. The largest absolute Gasteiger partial charge is 0.294 e. The number of hydrogen-bond donors (Lipinski definition) is 0. The van der Waals surface area contributed by atoms with Crippen LogP contribution in [0.15, 0.2) is 54.6 Å². The van der Waals surface area contributed by atoms with Crippen LogP contribution in [0.3, 0.4) is 0 Å². The average Bonchev–Trinajstić information content (AvgIpc) is 2.44. The molecule has 0 saturated heterocycles. The van der Waals surface area contributed by atoms with E-state index in [1.807, 2.05) is 48.5 Å². The molecule has 2 heteroatoms. The van der Waals surface area contributed by atoms with Crippen LogP contribution in [0.4, 0.5) is 0 Å². The number of rotatable bonds is 4. The van der Waals surface area contributed by atoms with Crippen LogP contribution >= 0.6 is 11.6 Å². The second kappa shape index (κ2) is 6.44. The zero-order valence-corrected chi connectivity index (χ0v) is 13.5. The second-order valence-electron chi connectivity index (χ2n) is 6.47. The van der Waals surface area contributed by atoms with E-state index in [1.165, 1.54) is 0 Å². The van der Waals surface area contributed by atoms with Crippen LogP contribution in [-0.2, 0) is 0 Å². The Balaban J connectivity index is 2.28. The Morgan fingerprint density at radius 3 is 2.29 bits per heavy atom. The van der Waals surface area contributed by atoms with Crippen molar-refractivity contribution in [2.45, 2.75) is 33.1 Å². The third kappa shape index (κ3) is 4.18. The molecule has 2 rings (SSSR count). The standard InChI is InChI=1S/C19H21ClO/c1-19(2,3)17(15-10-7-11-16(20)12-15)13-18(21)14-8-5-4-6-9-14/h4-12,17H,13H2,1-3H3/t17-/m0/s1. The molecule has 0 radical (unpaired) electrons. The number of Topliss-reactive ketones (excluding diaryl/α,β-unsaturated/α-hetero) is 1. The van der Waals surface area contributed by atoms with E-state index in [-0.39, 0.29) is 17.1 Å². The molecule has 0 fully saturated rings. The highest BCUT2D eigenvalue weighted by molar-refractivity contribution is 6.30. The van der Waals surface area contributed by atoms with Crippen LogP contribution in [0.5, 0.6) is 0 Å². The first-order valence-electron chi connectivity index (χ1n) is 7.21. The maximum absolute atomic E-state index is 12.5. The van der Waals surface area contributed by atoms with Gasteiger partial charge in [-0.05, 0) is 29.0 Å². The Hall–Kier alpha value is -1.60. The van der Waals surface area contributed by atoms with Gasteiger partial charge in [-0.1, -0.05) is 74.8 Å². The molecule has 0 heterocycles. The number of halogens is 1. The Morgan fingerprint density at radius 2 is 1.71 bits per heavy atom. The predicted octanol–water partition coefficient (Wildman–Crippen LogP) is 5.74. The van der Waals surface area contributed by atoms with E-state index in [1.54, 1.807) is 0 Å². The van der Waals surface area contributed by atoms with Crippen LogP contribution in [0.1, 0.15) is 49.0 Å². The molecule has 0 aliphatic carbocycles. The quantitative estimate of drug-likeness (QED) is 0.658. The number of carbonyl (C=O) groups excluding carboxylic acids is 1. The molecule has 0 aromatic heterocycles. The molecular formula is C19H21ClO. The van der Waals surface area contributed by atoms with Gasteiger partial charge in [-0.3, -0.25) is 4.79 Å². The summed E-state index contributed by atoms with van der Waals surface area (Å²) >= 11 is 6.11. The fourth-order valence-corrected chi connectivity index (χ4v) is 2.77. The summed E-state index contributed by atoms with van der Waals surface area (Å²) < 4.78 is 0. The first-order valence-corrected chi connectivity index (χ1v) is 7.59. The molecule has 0 saturated carbocycles. The number of hydrogen-bond acceptors (Lipinski definition) is 1. The Labute approximate surface area is 132 Å². The van der Waals surface area contributed by atoms with Gasteiger partial charge in [0, 0.05) is 17.0 Å². The van der Waals surface area contributed by atoms with Gasteiger partial charge in [0.25, 0.3) is 0 Å². The van der Waals surface area contributed by atoms with Gasteiger partial charge in [-0.25, -0.2) is 0 Å². The van der Waals surface area contributed by atoms with Crippen molar-refractivity contribution in [2.75, 3.05) is 0 Å². The summed E-state index contributed by atoms with van der Waals surface area (Å²) in [5.41, 5.74) is 1.89. The molecule has 110 valence electrons. The van der Waals surface area contributed by atoms with Crippen molar-refractivity contribution in [1.29, 1.82) is 0 Å². The van der Waals surface area contributed by atoms with Crippen LogP contribution in [0, 0.1) is 5.41 Å². The van der Waals surface area contributed by atoms with E-state index in [2.05, 4.69) is 26.8 Å². The summed E-state index contributed by atoms with van der Waals surface area (Å²) in [6.45, 7) is 6.49. The minimum absolute atomic E-state index is 0.00484. The lowest BCUT2D eigenvalue weighted by atomic mass is 9.73. The maximum atomic E-state index is 12.5. The average molecular weight is 301 g/mol. The van der Waals surface area contributed by atoms with Crippen LogP contribution in [-0.4, -0.2) is 5.78 Å². The van der Waals surface area contributed by atoms with E-state index >= 15 is 0 Å². The van der Waals surface area contributed by atoms with E-state index in [9.17, 15) is 4.79 Å². The van der Waals surface area contributed by atoms with E-state index < -0.39 is 0 Å². The van der Waals surface area contributed by atoms with Gasteiger partial charge in [0.2, 0.25) is 0 Å². The number of ketones is 1. The monoisotopic (exact) mass is 300 g/mol. The summed E-state index contributed by atoms with van der Waals surface area (Å²) in [5, 5.41) is 0.717. The smallest absolute Gasteiger partial charge is 0.163 e. The Kier molecular flexibility index (Phi) is 4.84. The molecule has 0 unspecified atom stereocenters. The van der Waals surface area contributed by atoms with Crippen molar-refractivity contribution in [2.24, 2.45) is 5.41 Å². The van der Waals surface area contributed by atoms with Gasteiger partial charge in [0.15, 0.2) is 5.78 Å². The normalized spacial score (nSPS) is 13.0. The fraction of sp³-hybridized carbons (Fsp3) is 0.316. The van der Waals surface area contributed by atoms with Gasteiger partial charge >= 0.3 is 0 Å². The zero-order chi connectivity index (χ0) is 15.5. The molecule has 0 aliphatic heterocycles. The lowest BCUT2D eigenvalue weighted by Gasteiger charge is -2.31. The molecule has 2 aromatic carbocycles. The molecule has 0 bridgehead atoms. The van der Waals surface area contributed by atoms with Crippen molar-refractivity contribution in [3.05, 3.63) is 70.7 Å². The molecule has 2 aromatic rings. The molecule has 0 N–H and O–H groups in total. The third-order valence-corrected chi connectivity index (χ3v) is 4.02. The van der Waals surface area contributed by atoms with Crippen molar-refractivity contribution in [3.8, 4) is 0 Å². The first-order chi connectivity index (χ1) is 9.88. The molecule has 0 aliphatic rings. The van der Waals surface area contributed by atoms with Gasteiger partial charge in [0.1, 0.15) is 0 Å². The molecule has 0 amide bonds. The molecule has 0 spiro atoms. The lowest BCUT2D eigenvalue weighted by Crippen LogP contribution is -2.21. The SMILES string of the molecule is CC(C)(C)[C@@H](CC(=O)c1ccccc1)c1cccc(Cl)c1. The van der Waals surface area contributed by atoms with E-state index in [4.69, 9.17) is 11.6 Å². The lowest BCUT2D eigenvalue weighted by molar-refractivity contribution is 0.0951. The van der Waals surface area contributed by atoms with Gasteiger partial charge in [0.05, 0.1) is 0 Å². The zero-order valence-electron chi connectivity index (χ0n) is 12.8. The molecule has 1 atom stereocenters. The fourth-order valence-electron chi connectivity index (χ4n) is 2.57. The highest BCUT2D eigenvalue weighted by Gasteiger charge is 2.28. The third-order valence-electron chi connectivity index (χ3n) is 3.78. The summed E-state index contributed by atoms with van der Waals surface area (Å²) in [7, 11) is 0. The van der Waals surface area contributed by atoms with Gasteiger partial charge in [-0.15, -0.1) is 0 Å². The van der Waals surface area contributed by atoms with Gasteiger partial charge in [-0.2, -0.15) is 0 Å². The topological polar surface area (TPSA) is 17.1 Å². The van der Waals surface area contributed by atoms with Crippen LogP contribution in [0.25, 0.3) is 0 Å². The molecule has 1 nitrogen and oxygen atoms in total. The van der Waals surface area contributed by atoms with Crippen LogP contribution < -0.4 is 0 Å². The Morgan fingerprint density at radius 1 is 1.05 bits per heavy atom. The molecule has 21 heavy (non-hydrogen) atoms. The summed E-state index contributed by atoms with van der Waals surface area (Å²) in [6.07, 6.45) is 0.494. The highest BCUT2D eigenvalue weighted by atomic mass is 35.5. The minimum atomic E-state index is -0.00484. The van der Waals surface area contributed by atoms with Crippen molar-refractivity contribution < 1.29 is 4.79 Å². The number of carbonyl (C=O) groups is 1. The number of benzene rings is 2. The van der Waals surface area contributed by atoms with Gasteiger partial charge < -0.3 is 0 Å². The minimum Gasteiger partial charge on any atom is -0.294 e. The van der Waals surface area contributed by atoms with Crippen molar-refractivity contribution in [3.63, 3.8) is 0 Å². The van der Waals surface area contributed by atoms with E-state index in [0.29, 0.717) is 11.4 Å². The van der Waals surface area contributed by atoms with Crippen LogP contribution in [0.2, 0.25) is 5.02 Å². The maximum Gasteiger partial charge on any atom is 0.163 e. The summed E-state index contributed by atoms with van der Waals surface area (Å²) in [5.74, 6) is 0.319. The second-order valence-corrected chi connectivity index (χ2v) is 6.90. The van der Waals surface area contributed by atoms with E-state index in [0.717, 1.165) is 11.1 Å². The predicted molar refractivity (Wildman–Crippen MR) is 89.0 cm³/mol. The van der Waals surface area contributed by atoms with Crippen molar-refractivity contribution in [1.82, 2.24) is 0 Å². The Bertz CT molecular complexity index is 611.